The molecule has 2 fully saturated rings. The molecule has 1 saturated heterocycles. The molecule has 2 aliphatic heterocycles. The third-order valence-electron chi connectivity index (χ3n) is 4.88. The third kappa shape index (κ3) is 2.57. The molecule has 0 bridgehead atoms. The molecule has 1 aromatic carbocycles. The normalized spacial score (nSPS) is 30.9. The lowest BCUT2D eigenvalue weighted by Crippen LogP contribution is -2.47. The van der Waals surface area contributed by atoms with Crippen LogP contribution < -0.4 is 15.7 Å². The van der Waals surface area contributed by atoms with Gasteiger partial charge in [0.2, 0.25) is 0 Å². The van der Waals surface area contributed by atoms with Gasteiger partial charge in [-0.05, 0) is 32.3 Å². The number of nitrogens with one attached hydrogen (secondary N) is 1. The number of morpholine rings is 1. The Morgan fingerprint density at radius 3 is 2.65 bits per heavy atom. The Morgan fingerprint density at radius 1 is 1.22 bits per heavy atom. The van der Waals surface area contributed by atoms with E-state index in [2.05, 4.69) is 29.4 Å². The van der Waals surface area contributed by atoms with Crippen molar-refractivity contribution in [1.29, 1.82) is 0 Å². The second-order valence-corrected chi connectivity index (χ2v) is 6.92. The number of anilines is 2. The molecule has 7 nitrogen and oxygen atoms in total. The van der Waals surface area contributed by atoms with Crippen LogP contribution in [0.4, 0.5) is 11.4 Å². The standard InChI is InChI=1S/C15H21ClN5O2/c1-18(2)13-14(19-5-7-23-8-6-19)15(13)20-11-4-3-10(16)9-12(11)21(22)17-20/h3-4,9,13-15,17H,5-8H2,1-2H3/q-1/t13-,14?,15?/m0/s1. The number of nitrogens with zero attached hydrogens (tertiary/aromatic N) is 4. The minimum Gasteiger partial charge on any atom is -0.742 e. The summed E-state index contributed by atoms with van der Waals surface area (Å²) < 4.78 is 5.46. The maximum absolute atomic E-state index is 12.2. The molecule has 126 valence electrons. The van der Waals surface area contributed by atoms with Crippen LogP contribution in [0.1, 0.15) is 0 Å². The summed E-state index contributed by atoms with van der Waals surface area (Å²) >= 11 is 6.02. The highest BCUT2D eigenvalue weighted by molar-refractivity contribution is 6.31. The van der Waals surface area contributed by atoms with Gasteiger partial charge in [-0.3, -0.25) is 9.91 Å². The van der Waals surface area contributed by atoms with Crippen LogP contribution in [0, 0.1) is 5.21 Å². The number of fused-ring (bicyclic) bond motifs is 1. The van der Waals surface area contributed by atoms with Gasteiger partial charge in [0.15, 0.2) is 0 Å². The monoisotopic (exact) mass is 338 g/mol. The molecule has 2 unspecified atom stereocenters. The lowest BCUT2D eigenvalue weighted by Gasteiger charge is -2.30. The van der Waals surface area contributed by atoms with Crippen molar-refractivity contribution in [3.05, 3.63) is 28.4 Å². The molecule has 3 aliphatic rings. The molecule has 23 heavy (non-hydrogen) atoms. The van der Waals surface area contributed by atoms with Gasteiger partial charge in [0.25, 0.3) is 0 Å². The lowest BCUT2D eigenvalue weighted by molar-refractivity contribution is 0.0297. The highest BCUT2D eigenvalue weighted by atomic mass is 35.5. The molecule has 1 saturated carbocycles. The summed E-state index contributed by atoms with van der Waals surface area (Å²) in [6, 6.07) is 6.41. The van der Waals surface area contributed by atoms with E-state index in [-0.39, 0.29) is 6.04 Å². The van der Waals surface area contributed by atoms with E-state index in [4.69, 9.17) is 16.3 Å². The number of halogens is 1. The van der Waals surface area contributed by atoms with Gasteiger partial charge in [-0.2, -0.15) is 5.53 Å². The fraction of sp³-hybridized carbons (Fsp3) is 0.600. The van der Waals surface area contributed by atoms with Gasteiger partial charge in [0.1, 0.15) is 0 Å². The van der Waals surface area contributed by atoms with Crippen molar-refractivity contribution in [1.82, 2.24) is 15.3 Å². The zero-order valence-electron chi connectivity index (χ0n) is 13.3. The first kappa shape index (κ1) is 15.4. The van der Waals surface area contributed by atoms with E-state index in [1.165, 1.54) is 0 Å². The van der Waals surface area contributed by atoms with Crippen molar-refractivity contribution in [2.45, 2.75) is 18.1 Å². The Hall–Kier alpha value is -1.09. The van der Waals surface area contributed by atoms with Crippen LogP contribution in [-0.4, -0.2) is 68.3 Å². The van der Waals surface area contributed by atoms with Crippen LogP contribution in [0.3, 0.4) is 0 Å². The minimum atomic E-state index is 0.224. The summed E-state index contributed by atoms with van der Waals surface area (Å²) in [4.78, 5) is 4.69. The number of rotatable bonds is 3. The van der Waals surface area contributed by atoms with Crippen molar-refractivity contribution in [2.24, 2.45) is 0 Å². The molecule has 4 rings (SSSR count). The Bertz CT molecular complexity index is 595. The van der Waals surface area contributed by atoms with E-state index >= 15 is 0 Å². The van der Waals surface area contributed by atoms with E-state index in [1.807, 2.05) is 17.1 Å². The Morgan fingerprint density at radius 2 is 1.96 bits per heavy atom. The van der Waals surface area contributed by atoms with E-state index in [0.29, 0.717) is 22.8 Å². The van der Waals surface area contributed by atoms with Crippen LogP contribution in [0.25, 0.3) is 0 Å². The molecule has 0 aromatic heterocycles. The van der Waals surface area contributed by atoms with Gasteiger partial charge in [-0.25, -0.2) is 0 Å². The SMILES string of the molecule is CN(C)[C@H]1C(N2CCOCC2)C1N1NN([O-])c2cc(Cl)ccc21. The molecule has 2 heterocycles. The smallest absolute Gasteiger partial charge is 0.0815 e. The van der Waals surface area contributed by atoms with Gasteiger partial charge in [0.05, 0.1) is 42.7 Å². The largest absolute Gasteiger partial charge is 0.742 e. The molecule has 3 atom stereocenters. The van der Waals surface area contributed by atoms with Crippen molar-refractivity contribution >= 4 is 23.0 Å². The van der Waals surface area contributed by atoms with Crippen LogP contribution in [0.5, 0.6) is 0 Å². The van der Waals surface area contributed by atoms with Gasteiger partial charge < -0.3 is 20.0 Å². The van der Waals surface area contributed by atoms with Gasteiger partial charge in [-0.15, -0.1) is 0 Å². The van der Waals surface area contributed by atoms with Crippen molar-refractivity contribution in [3.63, 3.8) is 0 Å². The van der Waals surface area contributed by atoms with Crippen molar-refractivity contribution in [3.8, 4) is 0 Å². The minimum absolute atomic E-state index is 0.224. The summed E-state index contributed by atoms with van der Waals surface area (Å²) in [5.74, 6) is 0. The van der Waals surface area contributed by atoms with Crippen molar-refractivity contribution in [2.75, 3.05) is 50.6 Å². The average molecular weight is 339 g/mol. The Balaban J connectivity index is 1.60. The Labute approximate surface area is 140 Å². The quantitative estimate of drug-likeness (QED) is 0.878. The second-order valence-electron chi connectivity index (χ2n) is 6.48. The van der Waals surface area contributed by atoms with E-state index in [0.717, 1.165) is 37.2 Å². The van der Waals surface area contributed by atoms with Crippen LogP contribution >= 0.6 is 11.6 Å². The molecule has 1 N–H and O–H groups in total. The zero-order chi connectivity index (χ0) is 16.1. The van der Waals surface area contributed by atoms with Gasteiger partial charge in [0, 0.05) is 18.1 Å². The first-order chi connectivity index (χ1) is 11.1. The summed E-state index contributed by atoms with van der Waals surface area (Å²) in [5.41, 5.74) is 4.39. The van der Waals surface area contributed by atoms with Crippen molar-refractivity contribution < 1.29 is 4.74 Å². The number of hydrogen-bond donors (Lipinski definition) is 1. The fourth-order valence-corrected chi connectivity index (χ4v) is 3.95. The lowest BCUT2D eigenvalue weighted by atomic mass is 10.2. The first-order valence-electron chi connectivity index (χ1n) is 7.88. The maximum Gasteiger partial charge on any atom is 0.0815 e. The topological polar surface area (TPSA) is 57.3 Å². The highest BCUT2D eigenvalue weighted by Gasteiger charge is 2.59. The molecule has 0 spiro atoms. The summed E-state index contributed by atoms with van der Waals surface area (Å²) in [7, 11) is 4.18. The van der Waals surface area contributed by atoms with E-state index in [9.17, 15) is 5.21 Å². The number of benzene rings is 1. The maximum atomic E-state index is 12.2. The Kier molecular flexibility index (Phi) is 3.87. The predicted molar refractivity (Wildman–Crippen MR) is 90.4 cm³/mol. The van der Waals surface area contributed by atoms with Crippen LogP contribution in [0.2, 0.25) is 5.02 Å². The molecular weight excluding hydrogens is 318 g/mol. The zero-order valence-corrected chi connectivity index (χ0v) is 14.0. The highest BCUT2D eigenvalue weighted by Crippen LogP contribution is 2.44. The second kappa shape index (κ2) is 5.77. The fourth-order valence-electron chi connectivity index (χ4n) is 3.78. The third-order valence-corrected chi connectivity index (χ3v) is 5.12. The number of ether oxygens (including phenoxy) is 1. The summed E-state index contributed by atoms with van der Waals surface area (Å²) in [6.45, 7) is 3.43. The summed E-state index contributed by atoms with van der Waals surface area (Å²) in [5, 5.41) is 15.5. The molecule has 8 heteroatoms. The molecule has 1 aromatic rings. The van der Waals surface area contributed by atoms with Crippen LogP contribution in [-0.2, 0) is 4.74 Å². The van der Waals surface area contributed by atoms with E-state index in [1.54, 1.807) is 6.07 Å². The predicted octanol–water partition coefficient (Wildman–Crippen LogP) is 0.897. The molecular formula is C15H21ClN5O2-. The molecule has 0 radical (unpaired) electrons. The summed E-state index contributed by atoms with van der Waals surface area (Å²) in [6.07, 6.45) is 0. The van der Waals surface area contributed by atoms with Crippen LogP contribution in [0.15, 0.2) is 18.2 Å². The van der Waals surface area contributed by atoms with E-state index < -0.39 is 0 Å². The molecule has 1 aliphatic carbocycles. The first-order valence-corrected chi connectivity index (χ1v) is 8.26. The average Bonchev–Trinajstić information content (AvgIpc) is 3.21. The number of hydrogen-bond acceptors (Lipinski definition) is 7. The molecule has 0 amide bonds. The number of hydrazine groups is 2. The number of likely N-dealkylation sites (N-methyl/N-ethyl adjacent to an activating group) is 1. The van der Waals surface area contributed by atoms with Gasteiger partial charge >= 0.3 is 0 Å². The van der Waals surface area contributed by atoms with Gasteiger partial charge in [-0.1, -0.05) is 11.6 Å².